The maximum atomic E-state index is 11.4. The molecular weight excluding hydrogens is 266 g/mol. The summed E-state index contributed by atoms with van der Waals surface area (Å²) < 4.78 is 23.6. The third-order valence-corrected chi connectivity index (χ3v) is 5.96. The Balaban J connectivity index is 1.96. The average Bonchev–Trinajstić information content (AvgIpc) is 2.69. The number of thiophene rings is 1. The van der Waals surface area contributed by atoms with E-state index in [9.17, 15) is 8.42 Å². The van der Waals surface area contributed by atoms with Gasteiger partial charge in [-0.15, -0.1) is 11.3 Å². The van der Waals surface area contributed by atoms with Gasteiger partial charge in [0, 0.05) is 17.0 Å². The van der Waals surface area contributed by atoms with Crippen LogP contribution in [0.5, 0.6) is 0 Å². The smallest absolute Gasteiger partial charge is 0.152 e. The van der Waals surface area contributed by atoms with Crippen LogP contribution in [0.3, 0.4) is 0 Å². The summed E-state index contributed by atoms with van der Waals surface area (Å²) in [6.07, 6.45) is 0.689. The van der Waals surface area contributed by atoms with Crippen molar-refractivity contribution in [2.24, 2.45) is 0 Å². The summed E-state index contributed by atoms with van der Waals surface area (Å²) in [6, 6.07) is 3.82. The average molecular weight is 280 g/mol. The van der Waals surface area contributed by atoms with E-state index in [4.69, 9.17) is 11.6 Å². The molecule has 3 nitrogen and oxygen atoms in total. The summed E-state index contributed by atoms with van der Waals surface area (Å²) in [5.74, 6) is 0.529. The highest BCUT2D eigenvalue weighted by Crippen LogP contribution is 2.25. The standard InChI is InChI=1S/C10H14ClNO2S2/c1-10(4-5-16(13,14)7-10)12-6-8-2-3-9(11)15-8/h2-3,12H,4-7H2,1H3. The second-order valence-electron chi connectivity index (χ2n) is 4.46. The highest BCUT2D eigenvalue weighted by atomic mass is 35.5. The molecule has 6 heteroatoms. The number of halogens is 1. The van der Waals surface area contributed by atoms with Gasteiger partial charge in [-0.3, -0.25) is 0 Å². The molecule has 2 heterocycles. The molecule has 0 aliphatic carbocycles. The predicted octanol–water partition coefficient (Wildman–Crippen LogP) is 2.07. The summed E-state index contributed by atoms with van der Waals surface area (Å²) in [5.41, 5.74) is -0.282. The van der Waals surface area contributed by atoms with E-state index in [1.807, 2.05) is 19.1 Å². The number of rotatable bonds is 3. The van der Waals surface area contributed by atoms with Crippen LogP contribution in [0.15, 0.2) is 12.1 Å². The lowest BCUT2D eigenvalue weighted by molar-refractivity contribution is 0.397. The molecule has 1 fully saturated rings. The molecule has 0 aromatic carbocycles. The topological polar surface area (TPSA) is 46.2 Å². The minimum Gasteiger partial charge on any atom is -0.306 e. The van der Waals surface area contributed by atoms with Gasteiger partial charge in [0.05, 0.1) is 15.8 Å². The first kappa shape index (κ1) is 12.4. The monoisotopic (exact) mass is 279 g/mol. The zero-order chi connectivity index (χ0) is 11.8. The van der Waals surface area contributed by atoms with Crippen molar-refractivity contribution >= 4 is 32.8 Å². The van der Waals surface area contributed by atoms with Gasteiger partial charge in [0.1, 0.15) is 0 Å². The Kier molecular flexibility index (Phi) is 3.32. The summed E-state index contributed by atoms with van der Waals surface area (Å²) in [4.78, 5) is 1.13. The number of sulfone groups is 1. The second-order valence-corrected chi connectivity index (χ2v) is 8.45. The molecule has 0 bridgehead atoms. The van der Waals surface area contributed by atoms with Gasteiger partial charge in [-0.05, 0) is 25.5 Å². The molecule has 0 spiro atoms. The summed E-state index contributed by atoms with van der Waals surface area (Å²) >= 11 is 7.35. The largest absolute Gasteiger partial charge is 0.306 e. The normalized spacial score (nSPS) is 28.4. The third-order valence-electron chi connectivity index (χ3n) is 2.82. The third kappa shape index (κ3) is 2.97. The summed E-state index contributed by atoms with van der Waals surface area (Å²) in [5, 5.41) is 3.32. The van der Waals surface area contributed by atoms with Crippen LogP contribution < -0.4 is 5.32 Å². The Morgan fingerprint density at radius 1 is 1.56 bits per heavy atom. The molecule has 1 aliphatic heterocycles. The maximum absolute atomic E-state index is 11.4. The molecule has 2 rings (SSSR count). The fourth-order valence-corrected chi connectivity index (χ4v) is 5.05. The van der Waals surface area contributed by atoms with Gasteiger partial charge in [0.2, 0.25) is 0 Å². The van der Waals surface area contributed by atoms with Gasteiger partial charge in [0.15, 0.2) is 9.84 Å². The van der Waals surface area contributed by atoms with Crippen molar-refractivity contribution in [3.05, 3.63) is 21.3 Å². The summed E-state index contributed by atoms with van der Waals surface area (Å²) in [7, 11) is -2.84. The minimum atomic E-state index is -2.84. The number of hydrogen-bond donors (Lipinski definition) is 1. The van der Waals surface area contributed by atoms with Crippen molar-refractivity contribution in [3.8, 4) is 0 Å². The van der Waals surface area contributed by atoms with Gasteiger partial charge in [-0.1, -0.05) is 11.6 Å². The SMILES string of the molecule is CC1(NCc2ccc(Cl)s2)CCS(=O)(=O)C1. The van der Waals surface area contributed by atoms with Crippen molar-refractivity contribution in [2.45, 2.75) is 25.4 Å². The quantitative estimate of drug-likeness (QED) is 0.921. The molecule has 16 heavy (non-hydrogen) atoms. The molecule has 1 saturated heterocycles. The van der Waals surface area contributed by atoms with E-state index in [0.717, 1.165) is 9.21 Å². The first-order valence-electron chi connectivity index (χ1n) is 5.08. The van der Waals surface area contributed by atoms with Crippen molar-refractivity contribution in [3.63, 3.8) is 0 Å². The fraction of sp³-hybridized carbons (Fsp3) is 0.600. The Morgan fingerprint density at radius 3 is 2.81 bits per heavy atom. The molecule has 0 saturated carbocycles. The number of nitrogens with one attached hydrogen (secondary N) is 1. The van der Waals surface area contributed by atoms with Crippen molar-refractivity contribution in [1.29, 1.82) is 0 Å². The van der Waals surface area contributed by atoms with Crippen LogP contribution in [-0.4, -0.2) is 25.5 Å². The van der Waals surface area contributed by atoms with Crippen molar-refractivity contribution in [2.75, 3.05) is 11.5 Å². The predicted molar refractivity (Wildman–Crippen MR) is 67.8 cm³/mol. The molecule has 1 aromatic rings. The molecule has 0 amide bonds. The molecule has 1 unspecified atom stereocenters. The van der Waals surface area contributed by atoms with Crippen LogP contribution >= 0.6 is 22.9 Å². The van der Waals surface area contributed by atoms with Crippen LogP contribution in [0.1, 0.15) is 18.2 Å². The zero-order valence-corrected chi connectivity index (χ0v) is 11.4. The van der Waals surface area contributed by atoms with E-state index in [0.29, 0.717) is 18.7 Å². The first-order valence-corrected chi connectivity index (χ1v) is 8.10. The Morgan fingerprint density at radius 2 is 2.31 bits per heavy atom. The highest BCUT2D eigenvalue weighted by Gasteiger charge is 2.37. The van der Waals surface area contributed by atoms with Gasteiger partial charge in [-0.25, -0.2) is 8.42 Å². The molecule has 1 aromatic heterocycles. The van der Waals surface area contributed by atoms with E-state index >= 15 is 0 Å². The highest BCUT2D eigenvalue weighted by molar-refractivity contribution is 7.91. The molecule has 0 radical (unpaired) electrons. The van der Waals surface area contributed by atoms with E-state index in [1.54, 1.807) is 0 Å². The molecule has 1 atom stereocenters. The van der Waals surface area contributed by atoms with Crippen molar-refractivity contribution < 1.29 is 8.42 Å². The van der Waals surface area contributed by atoms with Crippen molar-refractivity contribution in [1.82, 2.24) is 5.32 Å². The Labute approximate surface area is 105 Å². The fourth-order valence-electron chi connectivity index (χ4n) is 1.90. The van der Waals surface area contributed by atoms with Crippen LogP contribution in [0.4, 0.5) is 0 Å². The van der Waals surface area contributed by atoms with Gasteiger partial charge in [0.25, 0.3) is 0 Å². The van der Waals surface area contributed by atoms with Gasteiger partial charge < -0.3 is 5.32 Å². The lowest BCUT2D eigenvalue weighted by Crippen LogP contribution is -2.42. The number of hydrogen-bond acceptors (Lipinski definition) is 4. The van der Waals surface area contributed by atoms with Crippen LogP contribution in [0.2, 0.25) is 4.34 Å². The Bertz CT molecular complexity index is 483. The maximum Gasteiger partial charge on any atom is 0.152 e. The van der Waals surface area contributed by atoms with Gasteiger partial charge in [-0.2, -0.15) is 0 Å². The first-order chi connectivity index (χ1) is 7.39. The van der Waals surface area contributed by atoms with Gasteiger partial charge >= 0.3 is 0 Å². The van der Waals surface area contributed by atoms with E-state index in [2.05, 4.69) is 5.32 Å². The zero-order valence-electron chi connectivity index (χ0n) is 8.99. The summed E-state index contributed by atoms with van der Waals surface area (Å²) in [6.45, 7) is 2.65. The van der Waals surface area contributed by atoms with E-state index < -0.39 is 9.84 Å². The molecule has 1 aliphatic rings. The van der Waals surface area contributed by atoms with E-state index in [1.165, 1.54) is 11.3 Å². The van der Waals surface area contributed by atoms with E-state index in [-0.39, 0.29) is 11.3 Å². The van der Waals surface area contributed by atoms with Crippen LogP contribution in [0, 0.1) is 0 Å². The lowest BCUT2D eigenvalue weighted by atomic mass is 10.0. The minimum absolute atomic E-state index is 0.235. The molecular formula is C10H14ClNO2S2. The second kappa shape index (κ2) is 4.29. The lowest BCUT2D eigenvalue weighted by Gasteiger charge is -2.23. The molecule has 1 N–H and O–H groups in total. The molecule has 90 valence electrons. The Hall–Kier alpha value is -0.100. The van der Waals surface area contributed by atoms with Crippen LogP contribution in [-0.2, 0) is 16.4 Å². The van der Waals surface area contributed by atoms with Crippen LogP contribution in [0.25, 0.3) is 0 Å².